The van der Waals surface area contributed by atoms with Gasteiger partial charge in [-0.1, -0.05) is 11.6 Å². The lowest BCUT2D eigenvalue weighted by Crippen LogP contribution is -2.37. The standard InChI is InChI=1S/C19H18BrClFN5O2/c1-2-23-19(28)24-7-8-29-11-3-4-12-15(9-11)25-10-26-18(12)27-14-6-5-13(20)16(21)17(14)22/h3-6,9-10H,2,7-8H2,1H3,(H2,23,24,28)(H,25,26,27). The number of benzene rings is 2. The van der Waals surface area contributed by atoms with Crippen LogP contribution in [0.15, 0.2) is 41.1 Å². The number of hydrogen-bond donors (Lipinski definition) is 3. The van der Waals surface area contributed by atoms with Gasteiger partial charge in [-0.15, -0.1) is 0 Å². The van der Waals surface area contributed by atoms with Crippen LogP contribution in [0, 0.1) is 5.82 Å². The number of aromatic nitrogens is 2. The quantitative estimate of drug-likeness (QED) is 0.338. The zero-order chi connectivity index (χ0) is 20.8. The molecule has 0 aliphatic heterocycles. The van der Waals surface area contributed by atoms with Gasteiger partial charge in [0.15, 0.2) is 5.82 Å². The third-order valence-corrected chi connectivity index (χ3v) is 5.15. The van der Waals surface area contributed by atoms with E-state index in [-0.39, 0.29) is 16.7 Å². The molecule has 0 saturated carbocycles. The first kappa shape index (κ1) is 21.1. The van der Waals surface area contributed by atoms with E-state index in [0.29, 0.717) is 46.6 Å². The van der Waals surface area contributed by atoms with Crippen LogP contribution in [0.4, 0.5) is 20.7 Å². The first-order valence-electron chi connectivity index (χ1n) is 8.79. The Bertz CT molecular complexity index is 1040. The SMILES string of the molecule is CCNC(=O)NCCOc1ccc2c(Nc3ccc(Br)c(Cl)c3F)ncnc2c1. The van der Waals surface area contributed by atoms with Crippen LogP contribution in [0.2, 0.25) is 5.02 Å². The number of rotatable bonds is 7. The van der Waals surface area contributed by atoms with Crippen molar-refractivity contribution in [3.8, 4) is 5.75 Å². The molecule has 0 atom stereocenters. The molecule has 0 spiro atoms. The lowest BCUT2D eigenvalue weighted by atomic mass is 10.2. The number of fused-ring (bicyclic) bond motifs is 1. The molecule has 3 N–H and O–H groups in total. The topological polar surface area (TPSA) is 88.2 Å². The zero-order valence-corrected chi connectivity index (χ0v) is 17.8. The third kappa shape index (κ3) is 5.24. The molecule has 0 aliphatic carbocycles. The second kappa shape index (κ2) is 9.71. The third-order valence-electron chi connectivity index (χ3n) is 3.89. The van der Waals surface area contributed by atoms with Gasteiger partial charge in [0.2, 0.25) is 0 Å². The molecule has 10 heteroatoms. The number of nitrogens with zero attached hydrogens (tertiary/aromatic N) is 2. The Hall–Kier alpha value is -2.65. The van der Waals surface area contributed by atoms with Gasteiger partial charge in [0.25, 0.3) is 0 Å². The minimum Gasteiger partial charge on any atom is -0.492 e. The molecule has 0 saturated heterocycles. The first-order chi connectivity index (χ1) is 14.0. The van der Waals surface area contributed by atoms with Crippen LogP contribution in [-0.4, -0.2) is 35.7 Å². The van der Waals surface area contributed by atoms with Gasteiger partial charge in [-0.05, 0) is 47.1 Å². The van der Waals surface area contributed by atoms with Gasteiger partial charge >= 0.3 is 6.03 Å². The smallest absolute Gasteiger partial charge is 0.314 e. The molecular formula is C19H18BrClFN5O2. The molecule has 7 nitrogen and oxygen atoms in total. The monoisotopic (exact) mass is 481 g/mol. The summed E-state index contributed by atoms with van der Waals surface area (Å²) in [4.78, 5) is 19.8. The highest BCUT2D eigenvalue weighted by Crippen LogP contribution is 2.33. The number of hydrogen-bond acceptors (Lipinski definition) is 5. The fourth-order valence-corrected chi connectivity index (χ4v) is 3.00. The number of carbonyl (C=O) groups is 1. The maximum Gasteiger partial charge on any atom is 0.314 e. The Labute approximate surface area is 180 Å². The summed E-state index contributed by atoms with van der Waals surface area (Å²) >= 11 is 9.13. The summed E-state index contributed by atoms with van der Waals surface area (Å²) in [7, 11) is 0. The van der Waals surface area contributed by atoms with E-state index in [9.17, 15) is 9.18 Å². The van der Waals surface area contributed by atoms with Gasteiger partial charge in [0.05, 0.1) is 22.8 Å². The Morgan fingerprint density at radius 1 is 1.24 bits per heavy atom. The fourth-order valence-electron chi connectivity index (χ4n) is 2.53. The van der Waals surface area contributed by atoms with E-state index in [0.717, 1.165) is 0 Å². The van der Waals surface area contributed by atoms with Gasteiger partial charge in [-0.2, -0.15) is 0 Å². The van der Waals surface area contributed by atoms with Crippen molar-refractivity contribution in [1.82, 2.24) is 20.6 Å². The van der Waals surface area contributed by atoms with Crippen LogP contribution >= 0.6 is 27.5 Å². The minimum atomic E-state index is -0.577. The molecule has 1 heterocycles. The van der Waals surface area contributed by atoms with Crippen LogP contribution in [0.25, 0.3) is 10.9 Å². The molecule has 3 rings (SSSR count). The van der Waals surface area contributed by atoms with Crippen molar-refractivity contribution in [2.75, 3.05) is 25.0 Å². The van der Waals surface area contributed by atoms with Crippen LogP contribution in [-0.2, 0) is 0 Å². The Morgan fingerprint density at radius 3 is 2.86 bits per heavy atom. The van der Waals surface area contributed by atoms with Crippen LogP contribution < -0.4 is 20.7 Å². The van der Waals surface area contributed by atoms with Crippen molar-refractivity contribution in [1.29, 1.82) is 0 Å². The molecule has 3 aromatic rings. The molecule has 2 aromatic carbocycles. The van der Waals surface area contributed by atoms with E-state index < -0.39 is 5.82 Å². The van der Waals surface area contributed by atoms with E-state index in [1.54, 1.807) is 30.3 Å². The van der Waals surface area contributed by atoms with E-state index in [1.165, 1.54) is 6.33 Å². The predicted molar refractivity (Wildman–Crippen MR) is 115 cm³/mol. The predicted octanol–water partition coefficient (Wildman–Crippen LogP) is 4.63. The molecule has 2 amide bonds. The highest BCUT2D eigenvalue weighted by atomic mass is 79.9. The number of urea groups is 1. The van der Waals surface area contributed by atoms with Crippen molar-refractivity contribution in [3.63, 3.8) is 0 Å². The van der Waals surface area contributed by atoms with Crippen molar-refractivity contribution < 1.29 is 13.9 Å². The molecular weight excluding hydrogens is 465 g/mol. The second-order valence-electron chi connectivity index (χ2n) is 5.88. The number of carbonyl (C=O) groups excluding carboxylic acids is 1. The van der Waals surface area contributed by atoms with Crippen molar-refractivity contribution in [3.05, 3.63) is 52.0 Å². The van der Waals surface area contributed by atoms with E-state index >= 15 is 0 Å². The van der Waals surface area contributed by atoms with Crippen LogP contribution in [0.1, 0.15) is 6.92 Å². The summed E-state index contributed by atoms with van der Waals surface area (Å²) in [6.45, 7) is 3.07. The Kier molecular flexibility index (Phi) is 7.05. The largest absolute Gasteiger partial charge is 0.492 e. The maximum absolute atomic E-state index is 14.4. The summed E-state index contributed by atoms with van der Waals surface area (Å²) in [6, 6.07) is 8.27. The van der Waals surface area contributed by atoms with Crippen molar-refractivity contribution in [2.45, 2.75) is 6.92 Å². The lowest BCUT2D eigenvalue weighted by Gasteiger charge is -2.12. The average molecular weight is 483 g/mol. The lowest BCUT2D eigenvalue weighted by molar-refractivity contribution is 0.237. The van der Waals surface area contributed by atoms with E-state index in [4.69, 9.17) is 16.3 Å². The molecule has 0 radical (unpaired) electrons. The van der Waals surface area contributed by atoms with E-state index in [2.05, 4.69) is 41.8 Å². The van der Waals surface area contributed by atoms with Gasteiger partial charge < -0.3 is 20.7 Å². The highest BCUT2D eigenvalue weighted by Gasteiger charge is 2.13. The number of halogens is 3. The summed E-state index contributed by atoms with van der Waals surface area (Å²) in [5.74, 6) is 0.460. The molecule has 0 aliphatic rings. The van der Waals surface area contributed by atoms with Gasteiger partial charge in [-0.25, -0.2) is 19.2 Å². The minimum absolute atomic E-state index is 0.00900. The normalized spacial score (nSPS) is 10.6. The summed E-state index contributed by atoms with van der Waals surface area (Å²) < 4.78 is 20.5. The number of nitrogens with one attached hydrogen (secondary N) is 3. The van der Waals surface area contributed by atoms with E-state index in [1.807, 2.05) is 6.92 Å². The van der Waals surface area contributed by atoms with Crippen molar-refractivity contribution >= 4 is 56.0 Å². The summed E-state index contributed by atoms with van der Waals surface area (Å²) in [5, 5.41) is 8.96. The zero-order valence-electron chi connectivity index (χ0n) is 15.4. The molecule has 29 heavy (non-hydrogen) atoms. The average Bonchev–Trinajstić information content (AvgIpc) is 2.72. The molecule has 0 unspecified atom stereocenters. The maximum atomic E-state index is 14.4. The number of amides is 2. The summed E-state index contributed by atoms with van der Waals surface area (Å²) in [5.41, 5.74) is 0.829. The second-order valence-corrected chi connectivity index (χ2v) is 7.12. The van der Waals surface area contributed by atoms with Crippen LogP contribution in [0.3, 0.4) is 0 Å². The Morgan fingerprint density at radius 2 is 2.07 bits per heavy atom. The van der Waals surface area contributed by atoms with Crippen molar-refractivity contribution in [2.24, 2.45) is 0 Å². The van der Waals surface area contributed by atoms with Gasteiger partial charge in [-0.3, -0.25) is 0 Å². The molecule has 0 bridgehead atoms. The first-order valence-corrected chi connectivity index (χ1v) is 9.96. The fraction of sp³-hybridized carbons (Fsp3) is 0.211. The van der Waals surface area contributed by atoms with Gasteiger partial charge in [0, 0.05) is 22.5 Å². The Balaban J connectivity index is 1.72. The molecule has 152 valence electrons. The highest BCUT2D eigenvalue weighted by molar-refractivity contribution is 9.10. The number of anilines is 2. The summed E-state index contributed by atoms with van der Waals surface area (Å²) in [6.07, 6.45) is 1.38. The van der Waals surface area contributed by atoms with Gasteiger partial charge in [0.1, 0.15) is 24.5 Å². The molecule has 1 aromatic heterocycles. The number of ether oxygens (including phenoxy) is 1. The molecule has 0 fully saturated rings. The van der Waals surface area contributed by atoms with Crippen LogP contribution in [0.5, 0.6) is 5.75 Å².